The second-order valence-electron chi connectivity index (χ2n) is 3.89. The van der Waals surface area contributed by atoms with Crippen LogP contribution in [0.1, 0.15) is 20.7 Å². The number of hydrogen-bond donors (Lipinski definition) is 3. The quantitative estimate of drug-likeness (QED) is 0.786. The third-order valence-corrected chi connectivity index (χ3v) is 2.68. The first-order chi connectivity index (χ1) is 9.00. The van der Waals surface area contributed by atoms with Gasteiger partial charge in [-0.05, 0) is 29.3 Å². The van der Waals surface area contributed by atoms with Crippen molar-refractivity contribution in [2.24, 2.45) is 0 Å². The van der Waals surface area contributed by atoms with Crippen LogP contribution in [0.25, 0.3) is 11.1 Å². The molecule has 0 fully saturated rings. The SMILES string of the molecule is O=C(O)c1cccc(-c2cccc(O)c2C(=O)O)c1. The number of carboxylic acids is 2. The molecule has 0 aliphatic rings. The van der Waals surface area contributed by atoms with Gasteiger partial charge in [-0.15, -0.1) is 0 Å². The van der Waals surface area contributed by atoms with Crippen LogP contribution in [-0.2, 0) is 0 Å². The number of aromatic hydroxyl groups is 1. The molecule has 0 atom stereocenters. The van der Waals surface area contributed by atoms with E-state index in [1.54, 1.807) is 6.07 Å². The summed E-state index contributed by atoms with van der Waals surface area (Å²) in [6, 6.07) is 10.2. The predicted molar refractivity (Wildman–Crippen MR) is 67.5 cm³/mol. The summed E-state index contributed by atoms with van der Waals surface area (Å²) in [5.41, 5.74) is 0.506. The standard InChI is InChI=1S/C14H10O5/c15-11-6-2-5-10(12(11)14(18)19)8-3-1-4-9(7-8)13(16)17/h1-7,15H,(H,16,17)(H,18,19). The summed E-state index contributed by atoms with van der Waals surface area (Å²) in [6.45, 7) is 0. The zero-order valence-electron chi connectivity index (χ0n) is 9.70. The first-order valence-electron chi connectivity index (χ1n) is 5.39. The average Bonchev–Trinajstić information content (AvgIpc) is 2.38. The maximum atomic E-state index is 11.2. The molecule has 19 heavy (non-hydrogen) atoms. The van der Waals surface area contributed by atoms with E-state index in [9.17, 15) is 14.7 Å². The first-order valence-corrected chi connectivity index (χ1v) is 5.39. The largest absolute Gasteiger partial charge is 0.507 e. The number of hydrogen-bond acceptors (Lipinski definition) is 3. The van der Waals surface area contributed by atoms with Crippen LogP contribution in [0.2, 0.25) is 0 Å². The van der Waals surface area contributed by atoms with Crippen molar-refractivity contribution in [3.05, 3.63) is 53.6 Å². The summed E-state index contributed by atoms with van der Waals surface area (Å²) in [4.78, 5) is 22.1. The van der Waals surface area contributed by atoms with Crippen LogP contribution in [0, 0.1) is 0 Å². The fourth-order valence-electron chi connectivity index (χ4n) is 1.83. The topological polar surface area (TPSA) is 94.8 Å². The van der Waals surface area contributed by atoms with Crippen LogP contribution in [0.15, 0.2) is 42.5 Å². The molecule has 0 unspecified atom stereocenters. The number of carbonyl (C=O) groups is 2. The van der Waals surface area contributed by atoms with Crippen LogP contribution < -0.4 is 0 Å². The second kappa shape index (κ2) is 4.81. The molecule has 0 spiro atoms. The van der Waals surface area contributed by atoms with Gasteiger partial charge in [-0.25, -0.2) is 9.59 Å². The molecule has 0 radical (unpaired) electrons. The van der Waals surface area contributed by atoms with Gasteiger partial charge in [0.15, 0.2) is 0 Å². The van der Waals surface area contributed by atoms with Crippen molar-refractivity contribution in [2.75, 3.05) is 0 Å². The summed E-state index contributed by atoms with van der Waals surface area (Å²) in [5, 5.41) is 27.6. The van der Waals surface area contributed by atoms with Gasteiger partial charge in [-0.1, -0.05) is 24.3 Å². The Morgan fingerprint density at radius 1 is 0.895 bits per heavy atom. The predicted octanol–water partition coefficient (Wildman–Crippen LogP) is 2.46. The van der Waals surface area contributed by atoms with Gasteiger partial charge in [0.1, 0.15) is 11.3 Å². The highest BCUT2D eigenvalue weighted by Crippen LogP contribution is 2.30. The Bertz CT molecular complexity index is 661. The van der Waals surface area contributed by atoms with Gasteiger partial charge >= 0.3 is 11.9 Å². The minimum Gasteiger partial charge on any atom is -0.507 e. The van der Waals surface area contributed by atoms with Crippen molar-refractivity contribution < 1.29 is 24.9 Å². The lowest BCUT2D eigenvalue weighted by molar-refractivity contribution is 0.0685. The van der Waals surface area contributed by atoms with Gasteiger partial charge in [0, 0.05) is 0 Å². The molecule has 5 heteroatoms. The van der Waals surface area contributed by atoms with E-state index in [0.29, 0.717) is 5.56 Å². The summed E-state index contributed by atoms with van der Waals surface area (Å²) in [7, 11) is 0. The molecule has 0 aliphatic carbocycles. The third kappa shape index (κ3) is 2.40. The van der Waals surface area contributed by atoms with Gasteiger partial charge in [-0.2, -0.15) is 0 Å². The molecule has 0 saturated carbocycles. The summed E-state index contributed by atoms with van der Waals surface area (Å²) >= 11 is 0. The summed E-state index contributed by atoms with van der Waals surface area (Å²) in [5.74, 6) is -2.72. The molecule has 0 heterocycles. The van der Waals surface area contributed by atoms with Gasteiger partial charge < -0.3 is 15.3 Å². The molecule has 5 nitrogen and oxygen atoms in total. The number of aromatic carboxylic acids is 2. The van der Waals surface area contributed by atoms with Gasteiger partial charge in [0.2, 0.25) is 0 Å². The molecular formula is C14H10O5. The van der Waals surface area contributed by atoms with Crippen molar-refractivity contribution in [3.8, 4) is 16.9 Å². The fraction of sp³-hybridized carbons (Fsp3) is 0. The van der Waals surface area contributed by atoms with E-state index in [2.05, 4.69) is 0 Å². The van der Waals surface area contributed by atoms with Gasteiger partial charge in [0.25, 0.3) is 0 Å². The Labute approximate surface area is 108 Å². The summed E-state index contributed by atoms with van der Waals surface area (Å²) < 4.78 is 0. The Balaban J connectivity index is 2.65. The zero-order chi connectivity index (χ0) is 14.0. The molecule has 0 saturated heterocycles. The number of phenols is 1. The maximum absolute atomic E-state index is 11.2. The van der Waals surface area contributed by atoms with Crippen LogP contribution >= 0.6 is 0 Å². The molecule has 2 aromatic rings. The lowest BCUT2D eigenvalue weighted by Gasteiger charge is -2.08. The molecule has 0 aromatic heterocycles. The van der Waals surface area contributed by atoms with Crippen molar-refractivity contribution in [1.82, 2.24) is 0 Å². The minimum absolute atomic E-state index is 0.0529. The molecule has 3 N–H and O–H groups in total. The lowest BCUT2D eigenvalue weighted by Crippen LogP contribution is -2.01. The highest BCUT2D eigenvalue weighted by molar-refractivity contribution is 5.99. The van der Waals surface area contributed by atoms with Crippen LogP contribution in [0.4, 0.5) is 0 Å². The van der Waals surface area contributed by atoms with Gasteiger partial charge in [0.05, 0.1) is 5.56 Å². The molecule has 2 rings (SSSR count). The molecule has 0 aliphatic heterocycles. The van der Waals surface area contributed by atoms with E-state index in [0.717, 1.165) is 0 Å². The number of rotatable bonds is 3. The number of carboxylic acid groups (broad SMARTS) is 2. The van der Waals surface area contributed by atoms with Crippen molar-refractivity contribution >= 4 is 11.9 Å². The van der Waals surface area contributed by atoms with Crippen molar-refractivity contribution in [1.29, 1.82) is 0 Å². The molecular weight excluding hydrogens is 248 g/mol. The van der Waals surface area contributed by atoms with Crippen LogP contribution in [-0.4, -0.2) is 27.3 Å². The smallest absolute Gasteiger partial charge is 0.340 e. The Morgan fingerprint density at radius 3 is 2.21 bits per heavy atom. The van der Waals surface area contributed by atoms with E-state index in [1.165, 1.54) is 36.4 Å². The van der Waals surface area contributed by atoms with E-state index in [-0.39, 0.29) is 22.4 Å². The number of benzene rings is 2. The third-order valence-electron chi connectivity index (χ3n) is 2.68. The van der Waals surface area contributed by atoms with E-state index in [1.807, 2.05) is 0 Å². The second-order valence-corrected chi connectivity index (χ2v) is 3.89. The van der Waals surface area contributed by atoms with Gasteiger partial charge in [-0.3, -0.25) is 0 Å². The Hall–Kier alpha value is -2.82. The van der Waals surface area contributed by atoms with Crippen molar-refractivity contribution in [3.63, 3.8) is 0 Å². The minimum atomic E-state index is -1.27. The monoisotopic (exact) mass is 258 g/mol. The maximum Gasteiger partial charge on any atom is 0.340 e. The van der Waals surface area contributed by atoms with Crippen LogP contribution in [0.5, 0.6) is 5.75 Å². The van der Waals surface area contributed by atoms with Crippen LogP contribution in [0.3, 0.4) is 0 Å². The molecule has 0 bridgehead atoms. The highest BCUT2D eigenvalue weighted by Gasteiger charge is 2.17. The first kappa shape index (κ1) is 12.6. The molecule has 96 valence electrons. The Kier molecular flexibility index (Phi) is 3.20. The lowest BCUT2D eigenvalue weighted by atomic mass is 9.97. The average molecular weight is 258 g/mol. The molecule has 2 aromatic carbocycles. The normalized spacial score (nSPS) is 10.1. The van der Waals surface area contributed by atoms with E-state index >= 15 is 0 Å². The zero-order valence-corrected chi connectivity index (χ0v) is 9.70. The highest BCUT2D eigenvalue weighted by atomic mass is 16.4. The van der Waals surface area contributed by atoms with E-state index < -0.39 is 11.9 Å². The fourth-order valence-corrected chi connectivity index (χ4v) is 1.83. The van der Waals surface area contributed by atoms with E-state index in [4.69, 9.17) is 10.2 Å². The summed E-state index contributed by atoms with van der Waals surface area (Å²) in [6.07, 6.45) is 0. The molecule has 0 amide bonds. The van der Waals surface area contributed by atoms with Crippen molar-refractivity contribution in [2.45, 2.75) is 0 Å². The Morgan fingerprint density at radius 2 is 1.58 bits per heavy atom.